The standard InChI is InChI=1S/C18H24N2O4/c1-2-23-18(22)12-20(13-7-8-13)11-17(21)19-15-9-10-24-16-6-4-3-5-14(15)16/h3-6,13,15H,2,7-12H2,1H3,(H,19,21). The molecule has 6 heteroatoms. The number of benzene rings is 1. The van der Waals surface area contributed by atoms with Gasteiger partial charge in [0.1, 0.15) is 5.75 Å². The van der Waals surface area contributed by atoms with Crippen molar-refractivity contribution >= 4 is 11.9 Å². The second kappa shape index (κ2) is 7.66. The van der Waals surface area contributed by atoms with Gasteiger partial charge in [0.2, 0.25) is 5.91 Å². The van der Waals surface area contributed by atoms with Crippen LogP contribution in [0.4, 0.5) is 0 Å². The zero-order valence-corrected chi connectivity index (χ0v) is 14.0. The van der Waals surface area contributed by atoms with Gasteiger partial charge in [0, 0.05) is 18.0 Å². The Hall–Kier alpha value is -2.08. The summed E-state index contributed by atoms with van der Waals surface area (Å²) in [5.74, 6) is 0.501. The number of hydrogen-bond donors (Lipinski definition) is 1. The number of rotatable bonds is 7. The maximum Gasteiger partial charge on any atom is 0.320 e. The van der Waals surface area contributed by atoms with Crippen LogP contribution >= 0.6 is 0 Å². The Morgan fingerprint density at radius 2 is 2.04 bits per heavy atom. The Morgan fingerprint density at radius 3 is 2.79 bits per heavy atom. The quantitative estimate of drug-likeness (QED) is 0.769. The van der Waals surface area contributed by atoms with E-state index in [2.05, 4.69) is 5.32 Å². The van der Waals surface area contributed by atoms with E-state index >= 15 is 0 Å². The lowest BCUT2D eigenvalue weighted by atomic mass is 10.0. The van der Waals surface area contributed by atoms with Gasteiger partial charge in [-0.05, 0) is 25.8 Å². The molecular weight excluding hydrogens is 308 g/mol. The van der Waals surface area contributed by atoms with Crippen molar-refractivity contribution in [1.29, 1.82) is 0 Å². The van der Waals surface area contributed by atoms with E-state index in [1.54, 1.807) is 6.92 Å². The van der Waals surface area contributed by atoms with Crippen LogP contribution in [0.5, 0.6) is 5.75 Å². The van der Waals surface area contributed by atoms with Crippen LogP contribution < -0.4 is 10.1 Å². The van der Waals surface area contributed by atoms with Crippen LogP contribution in [0.2, 0.25) is 0 Å². The zero-order valence-electron chi connectivity index (χ0n) is 14.0. The number of carbonyl (C=O) groups excluding carboxylic acids is 2. The number of ether oxygens (including phenoxy) is 2. The molecule has 1 aromatic rings. The molecule has 130 valence electrons. The van der Waals surface area contributed by atoms with Crippen LogP contribution in [0.3, 0.4) is 0 Å². The molecule has 6 nitrogen and oxygen atoms in total. The third-order valence-corrected chi connectivity index (χ3v) is 4.34. The normalized spacial score (nSPS) is 19.3. The first-order valence-corrected chi connectivity index (χ1v) is 8.58. The summed E-state index contributed by atoms with van der Waals surface area (Å²) in [5.41, 5.74) is 1.01. The SMILES string of the molecule is CCOC(=O)CN(CC(=O)NC1CCOc2ccccc21)C1CC1. The number of hydrogen-bond acceptors (Lipinski definition) is 5. The smallest absolute Gasteiger partial charge is 0.320 e. The number of amides is 1. The lowest BCUT2D eigenvalue weighted by molar-refractivity contribution is -0.144. The Balaban J connectivity index is 1.57. The maximum absolute atomic E-state index is 12.5. The first-order valence-electron chi connectivity index (χ1n) is 8.58. The molecule has 24 heavy (non-hydrogen) atoms. The van der Waals surface area contributed by atoms with E-state index in [0.29, 0.717) is 19.3 Å². The molecule has 1 atom stereocenters. The summed E-state index contributed by atoms with van der Waals surface area (Å²) < 4.78 is 10.6. The molecular formula is C18H24N2O4. The van der Waals surface area contributed by atoms with E-state index in [-0.39, 0.29) is 31.0 Å². The molecule has 1 amide bonds. The van der Waals surface area contributed by atoms with Crippen molar-refractivity contribution in [3.8, 4) is 5.75 Å². The molecule has 1 heterocycles. The van der Waals surface area contributed by atoms with Crippen LogP contribution in [0.25, 0.3) is 0 Å². The number of fused-ring (bicyclic) bond motifs is 1. The van der Waals surface area contributed by atoms with E-state index < -0.39 is 0 Å². The maximum atomic E-state index is 12.5. The third-order valence-electron chi connectivity index (χ3n) is 4.34. The lowest BCUT2D eigenvalue weighted by Gasteiger charge is -2.28. The van der Waals surface area contributed by atoms with Crippen molar-refractivity contribution in [2.75, 3.05) is 26.3 Å². The molecule has 2 aliphatic rings. The summed E-state index contributed by atoms with van der Waals surface area (Å²) >= 11 is 0. The minimum Gasteiger partial charge on any atom is -0.493 e. The fourth-order valence-corrected chi connectivity index (χ4v) is 3.04. The summed E-state index contributed by atoms with van der Waals surface area (Å²) in [6.45, 7) is 3.15. The Bertz CT molecular complexity index is 600. The van der Waals surface area contributed by atoms with E-state index in [1.165, 1.54) is 0 Å². The van der Waals surface area contributed by atoms with Crippen molar-refractivity contribution in [3.63, 3.8) is 0 Å². The highest BCUT2D eigenvalue weighted by molar-refractivity contribution is 5.80. The fraction of sp³-hybridized carbons (Fsp3) is 0.556. The predicted octanol–water partition coefficient (Wildman–Crippen LogP) is 1.65. The molecule has 1 aromatic carbocycles. The van der Waals surface area contributed by atoms with Crippen LogP contribution in [0.15, 0.2) is 24.3 Å². The van der Waals surface area contributed by atoms with Gasteiger partial charge in [-0.2, -0.15) is 0 Å². The third kappa shape index (κ3) is 4.26. The van der Waals surface area contributed by atoms with Crippen molar-refractivity contribution in [1.82, 2.24) is 10.2 Å². The molecule has 0 radical (unpaired) electrons. The highest BCUT2D eigenvalue weighted by Crippen LogP contribution is 2.31. The van der Waals surface area contributed by atoms with E-state index in [9.17, 15) is 9.59 Å². The van der Waals surface area contributed by atoms with Crippen LogP contribution in [0.1, 0.15) is 37.8 Å². The summed E-state index contributed by atoms with van der Waals surface area (Å²) in [4.78, 5) is 26.1. The number of carbonyl (C=O) groups is 2. The number of para-hydroxylation sites is 1. The fourth-order valence-electron chi connectivity index (χ4n) is 3.04. The number of nitrogens with one attached hydrogen (secondary N) is 1. The lowest BCUT2D eigenvalue weighted by Crippen LogP contribution is -2.43. The van der Waals surface area contributed by atoms with Crippen LogP contribution in [-0.2, 0) is 14.3 Å². The molecule has 1 fully saturated rings. The van der Waals surface area contributed by atoms with Gasteiger partial charge < -0.3 is 14.8 Å². The second-order valence-electron chi connectivity index (χ2n) is 6.24. The molecule has 0 saturated heterocycles. The molecule has 0 spiro atoms. The van der Waals surface area contributed by atoms with Crippen molar-refractivity contribution in [3.05, 3.63) is 29.8 Å². The molecule has 0 aromatic heterocycles. The number of nitrogens with zero attached hydrogens (tertiary/aromatic N) is 1. The highest BCUT2D eigenvalue weighted by Gasteiger charge is 2.32. The van der Waals surface area contributed by atoms with Gasteiger partial charge in [0.05, 0.1) is 32.3 Å². The largest absolute Gasteiger partial charge is 0.493 e. The number of esters is 1. The van der Waals surface area contributed by atoms with Gasteiger partial charge in [-0.15, -0.1) is 0 Å². The van der Waals surface area contributed by atoms with Gasteiger partial charge >= 0.3 is 5.97 Å². The molecule has 1 aliphatic carbocycles. The zero-order chi connectivity index (χ0) is 16.9. The van der Waals surface area contributed by atoms with Crippen LogP contribution in [0, 0.1) is 0 Å². The first-order chi connectivity index (χ1) is 11.7. The van der Waals surface area contributed by atoms with Gasteiger partial charge in [0.25, 0.3) is 0 Å². The molecule has 1 N–H and O–H groups in total. The molecule has 0 bridgehead atoms. The minimum absolute atomic E-state index is 0.0360. The van der Waals surface area contributed by atoms with E-state index in [0.717, 1.165) is 30.6 Å². The summed E-state index contributed by atoms with van der Waals surface area (Å²) in [5, 5.41) is 3.08. The molecule has 1 aliphatic heterocycles. The van der Waals surface area contributed by atoms with Gasteiger partial charge in [-0.3, -0.25) is 14.5 Å². The van der Waals surface area contributed by atoms with Gasteiger partial charge in [-0.25, -0.2) is 0 Å². The predicted molar refractivity (Wildman–Crippen MR) is 88.7 cm³/mol. The van der Waals surface area contributed by atoms with Gasteiger partial charge in [0.15, 0.2) is 0 Å². The molecule has 1 unspecified atom stereocenters. The monoisotopic (exact) mass is 332 g/mol. The highest BCUT2D eigenvalue weighted by atomic mass is 16.5. The van der Waals surface area contributed by atoms with Crippen molar-refractivity contribution < 1.29 is 19.1 Å². The summed E-state index contributed by atoms with van der Waals surface area (Å²) in [6, 6.07) is 8.07. The summed E-state index contributed by atoms with van der Waals surface area (Å²) in [7, 11) is 0. The van der Waals surface area contributed by atoms with E-state index in [4.69, 9.17) is 9.47 Å². The topological polar surface area (TPSA) is 67.9 Å². The van der Waals surface area contributed by atoms with Crippen molar-refractivity contribution in [2.24, 2.45) is 0 Å². The molecule has 1 saturated carbocycles. The Kier molecular flexibility index (Phi) is 5.35. The Morgan fingerprint density at radius 1 is 1.25 bits per heavy atom. The first kappa shape index (κ1) is 16.8. The van der Waals surface area contributed by atoms with Crippen molar-refractivity contribution in [2.45, 2.75) is 38.3 Å². The minimum atomic E-state index is -0.270. The average Bonchev–Trinajstić information content (AvgIpc) is 3.40. The Labute approximate surface area is 142 Å². The summed E-state index contributed by atoms with van der Waals surface area (Å²) in [6.07, 6.45) is 2.82. The van der Waals surface area contributed by atoms with E-state index in [1.807, 2.05) is 29.2 Å². The molecule has 3 rings (SSSR count). The van der Waals surface area contributed by atoms with Gasteiger partial charge in [-0.1, -0.05) is 18.2 Å². The van der Waals surface area contributed by atoms with Crippen LogP contribution in [-0.4, -0.2) is 49.1 Å². The second-order valence-corrected chi connectivity index (χ2v) is 6.24. The average molecular weight is 332 g/mol.